The highest BCUT2D eigenvalue weighted by molar-refractivity contribution is 7.02. The van der Waals surface area contributed by atoms with Crippen LogP contribution in [0, 0.1) is 13.8 Å². The van der Waals surface area contributed by atoms with E-state index < -0.39 is 0 Å². The molecule has 0 radical (unpaired) electrons. The average Bonchev–Trinajstić information content (AvgIpc) is 3.23. The summed E-state index contributed by atoms with van der Waals surface area (Å²) in [6.07, 6.45) is 0. The molecule has 2 heterocycles. The van der Waals surface area contributed by atoms with Gasteiger partial charge in [-0.05, 0) is 134 Å². The molecule has 0 saturated heterocycles. The molecule has 2 aliphatic heterocycles. The predicted octanol–water partition coefficient (Wildman–Crippen LogP) is 12.0. The Morgan fingerprint density at radius 2 is 0.782 bits per heavy atom. The average molecular weight is 701 g/mol. The second-order valence-electron chi connectivity index (χ2n) is 15.0. The van der Waals surface area contributed by atoms with Crippen LogP contribution in [0.2, 0.25) is 0 Å². The zero-order valence-electron chi connectivity index (χ0n) is 30.9. The molecule has 2 aliphatic rings. The van der Waals surface area contributed by atoms with Crippen molar-refractivity contribution < 1.29 is 0 Å². The van der Waals surface area contributed by atoms with Crippen molar-refractivity contribution in [1.82, 2.24) is 0 Å². The summed E-state index contributed by atoms with van der Waals surface area (Å²) in [6.45, 7) is 4.55. The molecule has 0 bridgehead atoms. The third kappa shape index (κ3) is 4.83. The number of para-hydroxylation sites is 2. The molecule has 0 amide bonds. The van der Waals surface area contributed by atoms with E-state index in [2.05, 4.69) is 212 Å². The highest BCUT2D eigenvalue weighted by Crippen LogP contribution is 2.48. The molecule has 0 aliphatic carbocycles. The molecule has 0 aromatic heterocycles. The van der Waals surface area contributed by atoms with E-state index in [0.29, 0.717) is 0 Å². The summed E-state index contributed by atoms with van der Waals surface area (Å²) in [5, 5.41) is 5.10. The number of aryl methyl sites for hydroxylation is 2. The van der Waals surface area contributed by atoms with Gasteiger partial charge in [-0.25, -0.2) is 0 Å². The molecule has 2 nitrogen and oxygen atoms in total. The minimum absolute atomic E-state index is 0.00354. The Labute approximate surface area is 322 Å². The Morgan fingerprint density at radius 3 is 1.27 bits per heavy atom. The van der Waals surface area contributed by atoms with Crippen molar-refractivity contribution in [2.24, 2.45) is 0 Å². The van der Waals surface area contributed by atoms with E-state index in [1.165, 1.54) is 94.1 Å². The summed E-state index contributed by atoms with van der Waals surface area (Å²) in [5.41, 5.74) is 18.8. The molecule has 11 rings (SSSR count). The summed E-state index contributed by atoms with van der Waals surface area (Å²) < 4.78 is 0. The maximum absolute atomic E-state index is 2.53. The number of hydrogen-bond donors (Lipinski definition) is 0. The standard InChI is InChI=1S/C52H37BN2/c1-34-30-39(36-16-6-3-7-17-36)31-35(2)49(34)40-32-47-52-48(33-40)55(42-22-10-5-11-23-42)46-29-27-38-19-13-15-25-44(38)51(46)53(52)50-43-24-14-12-18-37(43)26-28-45(50)54(47)41-20-8-4-9-21-41/h3-33H,1-2H3. The Balaban J connectivity index is 1.29. The van der Waals surface area contributed by atoms with E-state index in [1.54, 1.807) is 0 Å². The molecule has 0 fully saturated rings. The molecule has 0 atom stereocenters. The number of nitrogens with zero attached hydrogens (tertiary/aromatic N) is 2. The molecule has 9 aromatic rings. The second-order valence-corrected chi connectivity index (χ2v) is 15.0. The lowest BCUT2D eigenvalue weighted by molar-refractivity contribution is 1.25. The fourth-order valence-electron chi connectivity index (χ4n) is 9.62. The Hall–Kier alpha value is -6.84. The first-order chi connectivity index (χ1) is 27.1. The van der Waals surface area contributed by atoms with Crippen molar-refractivity contribution in [2.75, 3.05) is 9.80 Å². The topological polar surface area (TPSA) is 6.48 Å². The predicted molar refractivity (Wildman–Crippen MR) is 236 cm³/mol. The molecule has 0 unspecified atom stereocenters. The minimum Gasteiger partial charge on any atom is -0.311 e. The van der Waals surface area contributed by atoms with Gasteiger partial charge >= 0.3 is 0 Å². The minimum atomic E-state index is 0.00354. The van der Waals surface area contributed by atoms with E-state index >= 15 is 0 Å². The number of fused-ring (bicyclic) bond motifs is 8. The Kier molecular flexibility index (Phi) is 7.12. The highest BCUT2D eigenvalue weighted by atomic mass is 15.2. The van der Waals surface area contributed by atoms with Crippen molar-refractivity contribution in [1.29, 1.82) is 0 Å². The summed E-state index contributed by atoms with van der Waals surface area (Å²) in [6, 6.07) is 69.5. The van der Waals surface area contributed by atoms with Crippen molar-refractivity contribution in [3.63, 3.8) is 0 Å². The van der Waals surface area contributed by atoms with Crippen LogP contribution in [-0.4, -0.2) is 6.71 Å². The van der Waals surface area contributed by atoms with Crippen molar-refractivity contribution in [3.05, 3.63) is 199 Å². The van der Waals surface area contributed by atoms with Crippen LogP contribution >= 0.6 is 0 Å². The lowest BCUT2D eigenvalue weighted by Gasteiger charge is -2.45. The lowest BCUT2D eigenvalue weighted by atomic mass is 9.32. The van der Waals surface area contributed by atoms with Crippen LogP contribution < -0.4 is 26.2 Å². The summed E-state index contributed by atoms with van der Waals surface area (Å²) in [5.74, 6) is 0. The molecule has 55 heavy (non-hydrogen) atoms. The molecule has 258 valence electrons. The molecular formula is C52H37BN2. The van der Waals surface area contributed by atoms with Gasteiger partial charge in [-0.2, -0.15) is 0 Å². The van der Waals surface area contributed by atoms with Crippen molar-refractivity contribution in [3.8, 4) is 22.3 Å². The SMILES string of the molecule is Cc1cc(-c2ccccc2)cc(C)c1-c1cc2c3c(c1)N(c1ccccc1)c1ccc4ccccc4c1B3c1c(ccc3ccccc13)N2c1ccccc1. The van der Waals surface area contributed by atoms with Crippen molar-refractivity contribution in [2.45, 2.75) is 13.8 Å². The largest absolute Gasteiger partial charge is 0.311 e. The van der Waals surface area contributed by atoms with E-state index in [1.807, 2.05) is 0 Å². The second kappa shape index (κ2) is 12.4. The summed E-state index contributed by atoms with van der Waals surface area (Å²) in [7, 11) is 0. The summed E-state index contributed by atoms with van der Waals surface area (Å²) >= 11 is 0. The van der Waals surface area contributed by atoms with Gasteiger partial charge < -0.3 is 9.80 Å². The quantitative estimate of drug-likeness (QED) is 0.169. The first kappa shape index (κ1) is 31.7. The zero-order chi connectivity index (χ0) is 36.6. The first-order valence-corrected chi connectivity index (χ1v) is 19.2. The van der Waals surface area contributed by atoms with E-state index in [0.717, 1.165) is 11.4 Å². The van der Waals surface area contributed by atoms with Crippen LogP contribution in [0.3, 0.4) is 0 Å². The fourth-order valence-corrected chi connectivity index (χ4v) is 9.62. The monoisotopic (exact) mass is 700 g/mol. The number of anilines is 6. The first-order valence-electron chi connectivity index (χ1n) is 19.2. The Morgan fingerprint density at radius 1 is 0.345 bits per heavy atom. The number of rotatable bonds is 4. The Bertz CT molecular complexity index is 2780. The van der Waals surface area contributed by atoms with E-state index in [4.69, 9.17) is 0 Å². The molecular weight excluding hydrogens is 663 g/mol. The van der Waals surface area contributed by atoms with Gasteiger partial charge in [0.05, 0.1) is 0 Å². The molecule has 0 saturated carbocycles. The van der Waals surface area contributed by atoms with Gasteiger partial charge in [0, 0.05) is 34.1 Å². The van der Waals surface area contributed by atoms with Crippen LogP contribution in [-0.2, 0) is 0 Å². The molecule has 0 spiro atoms. The van der Waals surface area contributed by atoms with Crippen LogP contribution in [0.25, 0.3) is 43.8 Å². The maximum atomic E-state index is 2.53. The number of hydrogen-bond acceptors (Lipinski definition) is 2. The third-order valence-corrected chi connectivity index (χ3v) is 11.8. The van der Waals surface area contributed by atoms with Crippen LogP contribution in [0.4, 0.5) is 34.1 Å². The lowest BCUT2D eigenvalue weighted by Crippen LogP contribution is -2.61. The van der Waals surface area contributed by atoms with Crippen LogP contribution in [0.15, 0.2) is 188 Å². The van der Waals surface area contributed by atoms with Gasteiger partial charge in [0.15, 0.2) is 0 Å². The molecule has 3 heteroatoms. The van der Waals surface area contributed by atoms with Gasteiger partial charge in [0.1, 0.15) is 0 Å². The highest BCUT2D eigenvalue weighted by Gasteiger charge is 2.45. The van der Waals surface area contributed by atoms with E-state index in [9.17, 15) is 0 Å². The van der Waals surface area contributed by atoms with Gasteiger partial charge in [-0.3, -0.25) is 0 Å². The van der Waals surface area contributed by atoms with Gasteiger partial charge in [0.2, 0.25) is 0 Å². The van der Waals surface area contributed by atoms with E-state index in [-0.39, 0.29) is 6.71 Å². The smallest absolute Gasteiger partial charge is 0.253 e. The number of benzene rings is 9. The van der Waals surface area contributed by atoms with Gasteiger partial charge in [-0.15, -0.1) is 0 Å². The van der Waals surface area contributed by atoms with Crippen LogP contribution in [0.1, 0.15) is 11.1 Å². The summed E-state index contributed by atoms with van der Waals surface area (Å²) in [4.78, 5) is 5.06. The molecule has 9 aromatic carbocycles. The zero-order valence-corrected chi connectivity index (χ0v) is 30.9. The maximum Gasteiger partial charge on any atom is 0.253 e. The van der Waals surface area contributed by atoms with Gasteiger partial charge in [-0.1, -0.05) is 140 Å². The van der Waals surface area contributed by atoms with Crippen molar-refractivity contribution >= 4 is 78.8 Å². The van der Waals surface area contributed by atoms with Gasteiger partial charge in [0.25, 0.3) is 6.71 Å². The molecule has 0 N–H and O–H groups in total. The normalized spacial score (nSPS) is 12.8. The third-order valence-electron chi connectivity index (χ3n) is 11.8. The fraction of sp³-hybridized carbons (Fsp3) is 0.0385. The van der Waals surface area contributed by atoms with Crippen LogP contribution in [0.5, 0.6) is 0 Å².